The average molecular weight is 289 g/mol. The minimum atomic E-state index is -0.910. The number of rotatable bonds is 5. The topological polar surface area (TPSA) is 84.9 Å². The number of hydrogen-bond donors (Lipinski definition) is 2. The Labute approximate surface area is 120 Å². The van der Waals surface area contributed by atoms with E-state index >= 15 is 0 Å². The zero-order chi connectivity index (χ0) is 16.1. The van der Waals surface area contributed by atoms with E-state index in [-0.39, 0.29) is 5.92 Å². The van der Waals surface area contributed by atoms with Crippen molar-refractivity contribution < 1.29 is 24.2 Å². The third kappa shape index (κ3) is 6.23. The van der Waals surface area contributed by atoms with Crippen LogP contribution in [0.15, 0.2) is 0 Å². The van der Waals surface area contributed by atoms with Crippen molar-refractivity contribution in [1.82, 2.24) is 5.32 Å². The third-order valence-corrected chi connectivity index (χ3v) is 2.81. The lowest BCUT2D eigenvalue weighted by Gasteiger charge is -2.30. The summed E-state index contributed by atoms with van der Waals surface area (Å²) < 4.78 is 9.82. The highest BCUT2D eigenvalue weighted by atomic mass is 16.6. The van der Waals surface area contributed by atoms with Gasteiger partial charge in [0.25, 0.3) is 0 Å². The van der Waals surface area contributed by atoms with E-state index < -0.39 is 35.7 Å². The van der Waals surface area contributed by atoms with Crippen LogP contribution < -0.4 is 5.32 Å². The molecule has 0 fully saturated rings. The molecule has 0 heterocycles. The number of hydrogen-bond acceptors (Lipinski definition) is 5. The van der Waals surface area contributed by atoms with Gasteiger partial charge in [0, 0.05) is 6.04 Å². The quantitative estimate of drug-likeness (QED) is 0.753. The summed E-state index contributed by atoms with van der Waals surface area (Å²) in [6, 6.07) is -0.602. The molecule has 118 valence electrons. The van der Waals surface area contributed by atoms with Gasteiger partial charge in [-0.2, -0.15) is 0 Å². The Balaban J connectivity index is 4.84. The zero-order valence-corrected chi connectivity index (χ0v) is 13.4. The van der Waals surface area contributed by atoms with Crippen molar-refractivity contribution in [2.75, 3.05) is 7.11 Å². The van der Waals surface area contributed by atoms with Gasteiger partial charge in [-0.25, -0.2) is 4.79 Å². The molecule has 3 atom stereocenters. The second-order valence-electron chi connectivity index (χ2n) is 6.22. The fraction of sp³-hybridized carbons (Fsp3) is 0.857. The molecule has 0 saturated carbocycles. The number of amides is 1. The monoisotopic (exact) mass is 289 g/mol. The van der Waals surface area contributed by atoms with Gasteiger partial charge in [0.15, 0.2) is 0 Å². The molecule has 0 rings (SSSR count). The van der Waals surface area contributed by atoms with Gasteiger partial charge in [-0.3, -0.25) is 4.79 Å². The van der Waals surface area contributed by atoms with Crippen LogP contribution in [0.5, 0.6) is 0 Å². The van der Waals surface area contributed by atoms with Crippen molar-refractivity contribution in [3.63, 3.8) is 0 Å². The SMILES string of the molecule is COC(=O)C(C(C)NC(=O)OC(C)(C)C)C(O)C(C)C. The molecule has 2 N–H and O–H groups in total. The van der Waals surface area contributed by atoms with Crippen molar-refractivity contribution in [2.45, 2.75) is 59.3 Å². The van der Waals surface area contributed by atoms with Crippen LogP contribution >= 0.6 is 0 Å². The molecule has 0 aromatic heterocycles. The lowest BCUT2D eigenvalue weighted by atomic mass is 9.88. The molecule has 6 nitrogen and oxygen atoms in total. The standard InChI is InChI=1S/C14H27NO5/c1-8(2)11(16)10(12(17)19-7)9(3)15-13(18)20-14(4,5)6/h8-11,16H,1-7H3,(H,15,18). The first-order valence-corrected chi connectivity index (χ1v) is 6.75. The predicted octanol–water partition coefficient (Wildman–Crippen LogP) is 1.71. The van der Waals surface area contributed by atoms with Crippen molar-refractivity contribution >= 4 is 12.1 Å². The minimum Gasteiger partial charge on any atom is -0.469 e. The Hall–Kier alpha value is -1.30. The van der Waals surface area contributed by atoms with Gasteiger partial charge >= 0.3 is 12.1 Å². The van der Waals surface area contributed by atoms with Gasteiger partial charge in [-0.1, -0.05) is 13.8 Å². The van der Waals surface area contributed by atoms with Crippen molar-refractivity contribution in [3.05, 3.63) is 0 Å². The first-order chi connectivity index (χ1) is 8.99. The molecule has 0 aromatic carbocycles. The smallest absolute Gasteiger partial charge is 0.407 e. The largest absolute Gasteiger partial charge is 0.469 e. The molecule has 0 aliphatic carbocycles. The first kappa shape index (κ1) is 18.7. The van der Waals surface area contributed by atoms with E-state index in [1.807, 2.05) is 0 Å². The molecule has 0 aliphatic rings. The Kier molecular flexibility index (Phi) is 6.99. The van der Waals surface area contributed by atoms with E-state index in [0.717, 1.165) is 0 Å². The summed E-state index contributed by atoms with van der Waals surface area (Å²) in [5.41, 5.74) is -0.624. The summed E-state index contributed by atoms with van der Waals surface area (Å²) in [5.74, 6) is -1.54. The Morgan fingerprint density at radius 1 is 1.15 bits per heavy atom. The van der Waals surface area contributed by atoms with Gasteiger partial charge in [-0.05, 0) is 33.6 Å². The molecule has 3 unspecified atom stereocenters. The highest BCUT2D eigenvalue weighted by molar-refractivity contribution is 5.75. The van der Waals surface area contributed by atoms with Crippen LogP contribution in [0.1, 0.15) is 41.5 Å². The lowest BCUT2D eigenvalue weighted by molar-refractivity contribution is -0.152. The molecule has 0 radical (unpaired) electrons. The number of methoxy groups -OCH3 is 1. The maximum Gasteiger partial charge on any atom is 0.407 e. The van der Waals surface area contributed by atoms with Crippen molar-refractivity contribution in [2.24, 2.45) is 11.8 Å². The number of esters is 1. The number of aliphatic hydroxyl groups is 1. The van der Waals surface area contributed by atoms with Crippen molar-refractivity contribution in [3.8, 4) is 0 Å². The fourth-order valence-corrected chi connectivity index (χ4v) is 1.77. The summed E-state index contributed by atoms with van der Waals surface area (Å²) in [7, 11) is 1.25. The van der Waals surface area contributed by atoms with Crippen LogP contribution in [0.3, 0.4) is 0 Å². The Morgan fingerprint density at radius 2 is 1.65 bits per heavy atom. The molecule has 1 amide bonds. The van der Waals surface area contributed by atoms with E-state index in [0.29, 0.717) is 0 Å². The second-order valence-corrected chi connectivity index (χ2v) is 6.22. The molecule has 6 heteroatoms. The highest BCUT2D eigenvalue weighted by Crippen LogP contribution is 2.19. The third-order valence-electron chi connectivity index (χ3n) is 2.81. The molecule has 0 saturated heterocycles. The maximum atomic E-state index is 11.8. The first-order valence-electron chi connectivity index (χ1n) is 6.75. The zero-order valence-electron chi connectivity index (χ0n) is 13.4. The van der Waals surface area contributed by atoms with E-state index in [9.17, 15) is 14.7 Å². The number of nitrogens with one attached hydrogen (secondary N) is 1. The van der Waals surface area contributed by atoms with Crippen molar-refractivity contribution in [1.29, 1.82) is 0 Å². The molecule has 0 aromatic rings. The van der Waals surface area contributed by atoms with Crippen LogP contribution in [0.2, 0.25) is 0 Å². The summed E-state index contributed by atoms with van der Waals surface area (Å²) >= 11 is 0. The van der Waals surface area contributed by atoms with Crippen LogP contribution in [0.4, 0.5) is 4.79 Å². The highest BCUT2D eigenvalue weighted by Gasteiger charge is 2.36. The number of ether oxygens (including phenoxy) is 2. The number of aliphatic hydroxyl groups excluding tert-OH is 1. The average Bonchev–Trinajstić information content (AvgIpc) is 2.25. The van der Waals surface area contributed by atoms with Gasteiger partial charge in [0.1, 0.15) is 11.5 Å². The van der Waals surface area contributed by atoms with Gasteiger partial charge in [0.2, 0.25) is 0 Å². The van der Waals surface area contributed by atoms with Crippen LogP contribution in [0, 0.1) is 11.8 Å². The summed E-state index contributed by atoms with van der Waals surface area (Å²) in [4.78, 5) is 23.5. The van der Waals surface area contributed by atoms with Crippen LogP contribution in [0.25, 0.3) is 0 Å². The predicted molar refractivity (Wildman–Crippen MR) is 75.2 cm³/mol. The summed E-state index contributed by atoms with van der Waals surface area (Å²) in [5, 5.41) is 12.7. The maximum absolute atomic E-state index is 11.8. The van der Waals surface area contributed by atoms with E-state index in [1.54, 1.807) is 41.5 Å². The lowest BCUT2D eigenvalue weighted by Crippen LogP contribution is -2.49. The Bertz CT molecular complexity index is 335. The van der Waals surface area contributed by atoms with E-state index in [4.69, 9.17) is 9.47 Å². The second kappa shape index (κ2) is 7.47. The van der Waals surface area contributed by atoms with Crippen LogP contribution in [-0.4, -0.2) is 42.0 Å². The normalized spacial score (nSPS) is 16.2. The number of alkyl carbamates (subject to hydrolysis) is 1. The fourth-order valence-electron chi connectivity index (χ4n) is 1.77. The molecule has 0 spiro atoms. The molecule has 20 heavy (non-hydrogen) atoms. The Morgan fingerprint density at radius 3 is 2.00 bits per heavy atom. The van der Waals surface area contributed by atoms with E-state index in [2.05, 4.69) is 5.32 Å². The molecular formula is C14H27NO5. The van der Waals surface area contributed by atoms with E-state index in [1.165, 1.54) is 7.11 Å². The summed E-state index contributed by atoms with van der Waals surface area (Å²) in [6.45, 7) is 10.5. The summed E-state index contributed by atoms with van der Waals surface area (Å²) in [6.07, 6.45) is -1.54. The molecular weight excluding hydrogens is 262 g/mol. The van der Waals surface area contributed by atoms with Gasteiger partial charge in [-0.15, -0.1) is 0 Å². The van der Waals surface area contributed by atoms with Gasteiger partial charge < -0.3 is 19.9 Å². The minimum absolute atomic E-state index is 0.137. The number of carbonyl (C=O) groups excluding carboxylic acids is 2. The van der Waals surface area contributed by atoms with Crippen LogP contribution in [-0.2, 0) is 14.3 Å². The molecule has 0 bridgehead atoms. The molecule has 0 aliphatic heterocycles. The van der Waals surface area contributed by atoms with Gasteiger partial charge in [0.05, 0.1) is 13.2 Å². The number of carbonyl (C=O) groups is 2.